The van der Waals surface area contributed by atoms with E-state index in [1.807, 2.05) is 0 Å². The first-order valence-electron chi connectivity index (χ1n) is 6.80. The van der Waals surface area contributed by atoms with Crippen molar-refractivity contribution < 1.29 is 9.18 Å². The average Bonchev–Trinajstić information content (AvgIpc) is 2.78. The lowest BCUT2D eigenvalue weighted by molar-refractivity contribution is -0.127. The molecule has 1 fully saturated rings. The zero-order chi connectivity index (χ0) is 15.7. The molecule has 2 aromatic rings. The van der Waals surface area contributed by atoms with Crippen LogP contribution in [-0.2, 0) is 4.79 Å². The summed E-state index contributed by atoms with van der Waals surface area (Å²) in [7, 11) is 1.70. The summed E-state index contributed by atoms with van der Waals surface area (Å²) in [6, 6.07) is 5.76. The van der Waals surface area contributed by atoms with E-state index in [-0.39, 0.29) is 23.0 Å². The molecule has 1 N–H and O–H groups in total. The molecule has 0 unspecified atom stereocenters. The van der Waals surface area contributed by atoms with Gasteiger partial charge in [-0.25, -0.2) is 14.4 Å². The summed E-state index contributed by atoms with van der Waals surface area (Å²) in [5.74, 6) is -0.0783. The minimum Gasteiger partial charge on any atom is -0.349 e. The lowest BCUT2D eigenvalue weighted by Gasteiger charge is -2.26. The topological polar surface area (TPSA) is 58.1 Å². The minimum atomic E-state index is -0.498. The first-order chi connectivity index (χ1) is 10.6. The maximum absolute atomic E-state index is 13.7. The number of amides is 1. The Hall–Kier alpha value is -2.21. The van der Waals surface area contributed by atoms with Gasteiger partial charge in [-0.05, 0) is 23.8 Å². The van der Waals surface area contributed by atoms with Gasteiger partial charge in [-0.15, -0.1) is 0 Å². The number of benzene rings is 1. The maximum Gasteiger partial charge on any atom is 0.225 e. The zero-order valence-electron chi connectivity index (χ0n) is 11.8. The van der Waals surface area contributed by atoms with Crippen LogP contribution < -0.4 is 5.32 Å². The van der Waals surface area contributed by atoms with Crippen molar-refractivity contribution in [1.29, 1.82) is 0 Å². The van der Waals surface area contributed by atoms with E-state index in [0.717, 1.165) is 0 Å². The summed E-state index contributed by atoms with van der Waals surface area (Å²) in [5, 5.41) is 3.21. The van der Waals surface area contributed by atoms with Gasteiger partial charge in [-0.2, -0.15) is 0 Å². The number of rotatable bonds is 3. The Bertz CT molecular complexity index is 697. The van der Waals surface area contributed by atoms with Gasteiger partial charge in [-0.3, -0.25) is 4.79 Å². The molecule has 0 radical (unpaired) electrons. The van der Waals surface area contributed by atoms with Crippen LogP contribution in [0.4, 0.5) is 10.3 Å². The predicted molar refractivity (Wildman–Crippen MR) is 81.0 cm³/mol. The Morgan fingerprint density at radius 1 is 1.36 bits per heavy atom. The molecule has 1 aromatic heterocycles. The number of hydrogen-bond donors (Lipinski definition) is 1. The van der Waals surface area contributed by atoms with E-state index < -0.39 is 5.82 Å². The molecular weight excluding hydrogens is 307 g/mol. The lowest BCUT2D eigenvalue weighted by Crippen LogP contribution is -2.30. The Morgan fingerprint density at radius 2 is 2.09 bits per heavy atom. The van der Waals surface area contributed by atoms with Crippen LogP contribution in [-0.4, -0.2) is 33.9 Å². The summed E-state index contributed by atoms with van der Waals surface area (Å²) < 4.78 is 13.7. The van der Waals surface area contributed by atoms with Crippen molar-refractivity contribution in [2.45, 2.75) is 18.5 Å². The highest BCUT2D eigenvalue weighted by molar-refractivity contribution is 6.30. The van der Waals surface area contributed by atoms with Crippen molar-refractivity contribution >= 4 is 23.5 Å². The van der Waals surface area contributed by atoms with Crippen LogP contribution in [0, 0.1) is 5.82 Å². The molecule has 114 valence electrons. The van der Waals surface area contributed by atoms with E-state index in [0.29, 0.717) is 17.9 Å². The Kier molecular flexibility index (Phi) is 3.94. The largest absolute Gasteiger partial charge is 0.349 e. The van der Waals surface area contributed by atoms with Crippen LogP contribution in [0.25, 0.3) is 0 Å². The fourth-order valence-corrected chi connectivity index (χ4v) is 2.81. The number of likely N-dealkylation sites (N-methyl/N-ethyl adjacent to an activating group) is 1. The van der Waals surface area contributed by atoms with Crippen LogP contribution in [0.15, 0.2) is 36.7 Å². The Labute approximate surface area is 132 Å². The minimum absolute atomic E-state index is 0.0196. The van der Waals surface area contributed by atoms with Crippen molar-refractivity contribution in [3.05, 3.63) is 53.1 Å². The molecular formula is C15H14ClFN4O. The number of hydrogen-bond acceptors (Lipinski definition) is 4. The molecule has 5 nitrogen and oxygen atoms in total. The average molecular weight is 321 g/mol. The monoisotopic (exact) mass is 320 g/mol. The van der Waals surface area contributed by atoms with Gasteiger partial charge in [0.15, 0.2) is 0 Å². The molecule has 2 atom stereocenters. The molecule has 0 bridgehead atoms. The fraction of sp³-hybridized carbons (Fsp3) is 0.267. The van der Waals surface area contributed by atoms with Gasteiger partial charge in [0.25, 0.3) is 0 Å². The molecule has 2 heterocycles. The van der Waals surface area contributed by atoms with Crippen molar-refractivity contribution in [2.75, 3.05) is 12.4 Å². The SMILES string of the molecule is CN1C(=O)C[C@H](Nc2ncccn2)[C@H]1c1ccc(Cl)c(F)c1. The van der Waals surface area contributed by atoms with Crippen molar-refractivity contribution in [3.8, 4) is 0 Å². The third-order valence-electron chi connectivity index (χ3n) is 3.75. The van der Waals surface area contributed by atoms with Crippen LogP contribution in [0.5, 0.6) is 0 Å². The normalized spacial score (nSPS) is 21.2. The van der Waals surface area contributed by atoms with Gasteiger partial charge >= 0.3 is 0 Å². The zero-order valence-corrected chi connectivity index (χ0v) is 12.6. The Morgan fingerprint density at radius 3 is 2.77 bits per heavy atom. The third-order valence-corrected chi connectivity index (χ3v) is 4.06. The smallest absolute Gasteiger partial charge is 0.225 e. The van der Waals surface area contributed by atoms with Gasteiger partial charge in [0.05, 0.1) is 17.1 Å². The van der Waals surface area contributed by atoms with Gasteiger partial charge in [-0.1, -0.05) is 17.7 Å². The highest BCUT2D eigenvalue weighted by Crippen LogP contribution is 2.34. The van der Waals surface area contributed by atoms with Crippen molar-refractivity contribution in [1.82, 2.24) is 14.9 Å². The van der Waals surface area contributed by atoms with E-state index >= 15 is 0 Å². The van der Waals surface area contributed by atoms with Gasteiger partial charge in [0.2, 0.25) is 11.9 Å². The van der Waals surface area contributed by atoms with Crippen LogP contribution in [0.2, 0.25) is 5.02 Å². The van der Waals surface area contributed by atoms with Crippen molar-refractivity contribution in [2.24, 2.45) is 0 Å². The number of nitrogens with one attached hydrogen (secondary N) is 1. The molecule has 1 aromatic carbocycles. The molecule has 3 rings (SSSR count). The molecule has 22 heavy (non-hydrogen) atoms. The summed E-state index contributed by atoms with van der Waals surface area (Å²) in [4.78, 5) is 21.8. The number of likely N-dealkylation sites (tertiary alicyclic amines) is 1. The second-order valence-electron chi connectivity index (χ2n) is 5.15. The first-order valence-corrected chi connectivity index (χ1v) is 7.18. The summed E-state index contributed by atoms with van der Waals surface area (Å²) in [6.07, 6.45) is 3.53. The molecule has 0 spiro atoms. The Balaban J connectivity index is 1.91. The molecule has 0 saturated carbocycles. The van der Waals surface area contributed by atoms with Crippen LogP contribution in [0.3, 0.4) is 0 Å². The van der Waals surface area contributed by atoms with Gasteiger partial charge in [0.1, 0.15) is 5.82 Å². The number of halogens is 2. The van der Waals surface area contributed by atoms with Crippen LogP contribution in [0.1, 0.15) is 18.0 Å². The second kappa shape index (κ2) is 5.88. The van der Waals surface area contributed by atoms with Crippen molar-refractivity contribution in [3.63, 3.8) is 0 Å². The number of anilines is 1. The standard InChI is InChI=1S/C15H14ClFN4O/c1-21-13(22)8-12(20-15-18-5-2-6-19-15)14(21)9-3-4-10(16)11(17)7-9/h2-7,12,14H,8H2,1H3,(H,18,19,20)/t12-,14+/m0/s1. The fourth-order valence-electron chi connectivity index (χ4n) is 2.69. The van der Waals surface area contributed by atoms with Gasteiger partial charge < -0.3 is 10.2 Å². The number of carbonyl (C=O) groups excluding carboxylic acids is 1. The summed E-state index contributed by atoms with van der Waals surface area (Å²) >= 11 is 5.73. The molecule has 1 aliphatic heterocycles. The van der Waals surface area contributed by atoms with E-state index in [9.17, 15) is 9.18 Å². The molecule has 1 amide bonds. The third kappa shape index (κ3) is 2.74. The lowest BCUT2D eigenvalue weighted by atomic mass is 10.00. The maximum atomic E-state index is 13.7. The number of carbonyl (C=O) groups is 1. The molecule has 1 aliphatic rings. The number of nitrogens with zero attached hydrogens (tertiary/aromatic N) is 3. The highest BCUT2D eigenvalue weighted by Gasteiger charge is 2.39. The van der Waals surface area contributed by atoms with Crippen LogP contribution >= 0.6 is 11.6 Å². The summed E-state index contributed by atoms with van der Waals surface area (Å²) in [5.41, 5.74) is 0.684. The highest BCUT2D eigenvalue weighted by atomic mass is 35.5. The quantitative estimate of drug-likeness (QED) is 0.944. The van der Waals surface area contributed by atoms with E-state index in [1.54, 1.807) is 36.5 Å². The molecule has 7 heteroatoms. The molecule has 1 saturated heterocycles. The van der Waals surface area contributed by atoms with E-state index in [4.69, 9.17) is 11.6 Å². The summed E-state index contributed by atoms with van der Waals surface area (Å²) in [6.45, 7) is 0. The van der Waals surface area contributed by atoms with Gasteiger partial charge in [0, 0.05) is 25.9 Å². The molecule has 0 aliphatic carbocycles. The van der Waals surface area contributed by atoms with E-state index in [2.05, 4.69) is 15.3 Å². The van der Waals surface area contributed by atoms with E-state index in [1.165, 1.54) is 12.1 Å². The second-order valence-corrected chi connectivity index (χ2v) is 5.56. The number of aromatic nitrogens is 2. The first kappa shape index (κ1) is 14.7. The predicted octanol–water partition coefficient (Wildman–Crippen LogP) is 2.65.